The van der Waals surface area contributed by atoms with Gasteiger partial charge in [0.1, 0.15) is 18.1 Å². The molecule has 0 heterocycles. The van der Waals surface area contributed by atoms with Gasteiger partial charge in [-0.1, -0.05) is 54.6 Å². The normalized spacial score (nSPS) is 10.2. The van der Waals surface area contributed by atoms with E-state index in [1.807, 2.05) is 42.5 Å². The molecular weight excluding hydrogens is 272 g/mol. The molecule has 110 valence electrons. The highest BCUT2D eigenvalue weighted by atomic mass is 16.5. The van der Waals surface area contributed by atoms with Crippen molar-refractivity contribution < 1.29 is 9.47 Å². The molecule has 22 heavy (non-hydrogen) atoms. The van der Waals surface area contributed by atoms with Gasteiger partial charge in [-0.05, 0) is 41.0 Å². The maximum atomic E-state index is 5.80. The number of hydrogen-bond donors (Lipinski definition) is 0. The Bertz CT molecular complexity index is 701. The lowest BCUT2D eigenvalue weighted by atomic mass is 10.1. The topological polar surface area (TPSA) is 18.5 Å². The van der Waals surface area contributed by atoms with E-state index in [0.29, 0.717) is 6.61 Å². The van der Waals surface area contributed by atoms with Crippen LogP contribution in [-0.2, 0) is 6.61 Å². The lowest BCUT2D eigenvalue weighted by Gasteiger charge is -2.08. The molecule has 2 heteroatoms. The van der Waals surface area contributed by atoms with Crippen molar-refractivity contribution in [1.29, 1.82) is 0 Å². The molecule has 0 radical (unpaired) electrons. The summed E-state index contributed by atoms with van der Waals surface area (Å²) in [6.07, 6.45) is 0. The van der Waals surface area contributed by atoms with Crippen LogP contribution in [0.2, 0.25) is 0 Å². The monoisotopic (exact) mass is 290 g/mol. The summed E-state index contributed by atoms with van der Waals surface area (Å²) < 4.78 is 11.0. The first-order chi connectivity index (χ1) is 10.8. The maximum absolute atomic E-state index is 5.80. The van der Waals surface area contributed by atoms with Crippen molar-refractivity contribution >= 4 is 0 Å². The van der Waals surface area contributed by atoms with Gasteiger partial charge in [0.2, 0.25) is 0 Å². The van der Waals surface area contributed by atoms with Crippen molar-refractivity contribution in [3.05, 3.63) is 84.4 Å². The predicted octanol–water partition coefficient (Wildman–Crippen LogP) is 4.94. The smallest absolute Gasteiger partial charge is 0.119 e. The van der Waals surface area contributed by atoms with Crippen LogP contribution in [0.4, 0.5) is 0 Å². The van der Waals surface area contributed by atoms with E-state index in [9.17, 15) is 0 Å². The number of ether oxygens (including phenoxy) is 2. The molecule has 0 fully saturated rings. The van der Waals surface area contributed by atoms with Crippen LogP contribution in [-0.4, -0.2) is 7.11 Å². The molecule has 0 saturated carbocycles. The zero-order valence-electron chi connectivity index (χ0n) is 12.5. The minimum atomic E-state index is 0.586. The number of methoxy groups -OCH3 is 1. The van der Waals surface area contributed by atoms with E-state index in [0.717, 1.165) is 22.6 Å². The number of benzene rings is 3. The second kappa shape index (κ2) is 6.81. The first-order valence-corrected chi connectivity index (χ1v) is 7.26. The van der Waals surface area contributed by atoms with Crippen LogP contribution in [0.15, 0.2) is 78.9 Å². The minimum Gasteiger partial charge on any atom is -0.497 e. The third kappa shape index (κ3) is 3.47. The summed E-state index contributed by atoms with van der Waals surface area (Å²) in [5.41, 5.74) is 3.49. The van der Waals surface area contributed by atoms with Crippen LogP contribution in [0.3, 0.4) is 0 Å². The highest BCUT2D eigenvalue weighted by molar-refractivity contribution is 5.64. The highest BCUT2D eigenvalue weighted by Gasteiger charge is 2.00. The van der Waals surface area contributed by atoms with Crippen LogP contribution >= 0.6 is 0 Å². The van der Waals surface area contributed by atoms with E-state index in [2.05, 4.69) is 36.4 Å². The van der Waals surface area contributed by atoms with E-state index >= 15 is 0 Å². The van der Waals surface area contributed by atoms with E-state index in [1.165, 1.54) is 5.56 Å². The summed E-state index contributed by atoms with van der Waals surface area (Å²) in [5.74, 6) is 1.74. The molecule has 0 spiro atoms. The second-order valence-electron chi connectivity index (χ2n) is 5.03. The molecule has 0 bridgehead atoms. The van der Waals surface area contributed by atoms with Gasteiger partial charge in [-0.25, -0.2) is 0 Å². The molecule has 0 unspecified atom stereocenters. The fourth-order valence-electron chi connectivity index (χ4n) is 2.27. The fourth-order valence-corrected chi connectivity index (χ4v) is 2.27. The molecule has 2 nitrogen and oxygen atoms in total. The third-order valence-electron chi connectivity index (χ3n) is 3.53. The molecular formula is C20H18O2. The van der Waals surface area contributed by atoms with Crippen molar-refractivity contribution in [2.75, 3.05) is 7.11 Å². The summed E-state index contributed by atoms with van der Waals surface area (Å²) >= 11 is 0. The molecule has 0 aliphatic heterocycles. The summed E-state index contributed by atoms with van der Waals surface area (Å²) in [5, 5.41) is 0. The first kappa shape index (κ1) is 14.2. The quantitative estimate of drug-likeness (QED) is 0.662. The van der Waals surface area contributed by atoms with Gasteiger partial charge in [0, 0.05) is 0 Å². The van der Waals surface area contributed by atoms with Crippen LogP contribution in [0.5, 0.6) is 11.5 Å². The number of hydrogen-bond acceptors (Lipinski definition) is 2. The van der Waals surface area contributed by atoms with Crippen molar-refractivity contribution in [3.8, 4) is 22.6 Å². The Labute approximate surface area is 131 Å². The minimum absolute atomic E-state index is 0.586. The van der Waals surface area contributed by atoms with Gasteiger partial charge < -0.3 is 9.47 Å². The van der Waals surface area contributed by atoms with Crippen molar-refractivity contribution in [3.63, 3.8) is 0 Å². The Morgan fingerprint density at radius 1 is 0.636 bits per heavy atom. The van der Waals surface area contributed by atoms with E-state index in [4.69, 9.17) is 9.47 Å². The Morgan fingerprint density at radius 2 is 1.18 bits per heavy atom. The Morgan fingerprint density at radius 3 is 1.73 bits per heavy atom. The molecule has 0 saturated heterocycles. The molecule has 3 rings (SSSR count). The molecule has 0 atom stereocenters. The molecule has 3 aromatic rings. The first-order valence-electron chi connectivity index (χ1n) is 7.26. The van der Waals surface area contributed by atoms with Crippen LogP contribution in [0.25, 0.3) is 11.1 Å². The predicted molar refractivity (Wildman–Crippen MR) is 89.2 cm³/mol. The maximum Gasteiger partial charge on any atom is 0.119 e. The highest BCUT2D eigenvalue weighted by Crippen LogP contribution is 2.24. The van der Waals surface area contributed by atoms with Gasteiger partial charge in [-0.2, -0.15) is 0 Å². The molecule has 0 N–H and O–H groups in total. The lowest BCUT2D eigenvalue weighted by molar-refractivity contribution is 0.306. The van der Waals surface area contributed by atoms with Crippen molar-refractivity contribution in [2.24, 2.45) is 0 Å². The van der Waals surface area contributed by atoms with Gasteiger partial charge in [0.15, 0.2) is 0 Å². The van der Waals surface area contributed by atoms with Gasteiger partial charge >= 0.3 is 0 Å². The van der Waals surface area contributed by atoms with Crippen molar-refractivity contribution in [1.82, 2.24) is 0 Å². The summed E-state index contributed by atoms with van der Waals surface area (Å²) in [7, 11) is 1.67. The third-order valence-corrected chi connectivity index (χ3v) is 3.53. The van der Waals surface area contributed by atoms with Crippen LogP contribution < -0.4 is 9.47 Å². The standard InChI is InChI=1S/C20H18O2/c1-21-19-11-7-17(8-12-19)18-9-13-20(14-10-18)22-15-16-5-3-2-4-6-16/h2-14H,15H2,1H3. The zero-order chi connectivity index (χ0) is 15.2. The average molecular weight is 290 g/mol. The SMILES string of the molecule is COc1ccc(-c2ccc(OCc3ccccc3)cc2)cc1. The van der Waals surface area contributed by atoms with Gasteiger partial charge in [-0.15, -0.1) is 0 Å². The van der Waals surface area contributed by atoms with Crippen LogP contribution in [0.1, 0.15) is 5.56 Å². The lowest BCUT2D eigenvalue weighted by Crippen LogP contribution is -1.94. The second-order valence-corrected chi connectivity index (χ2v) is 5.03. The zero-order valence-corrected chi connectivity index (χ0v) is 12.5. The van der Waals surface area contributed by atoms with E-state index in [1.54, 1.807) is 7.11 Å². The van der Waals surface area contributed by atoms with Gasteiger partial charge in [-0.3, -0.25) is 0 Å². The van der Waals surface area contributed by atoms with E-state index in [-0.39, 0.29) is 0 Å². The molecule has 0 aliphatic rings. The summed E-state index contributed by atoms with van der Waals surface area (Å²) in [4.78, 5) is 0. The van der Waals surface area contributed by atoms with Crippen LogP contribution in [0, 0.1) is 0 Å². The number of rotatable bonds is 5. The molecule has 0 aromatic heterocycles. The summed E-state index contributed by atoms with van der Waals surface area (Å²) in [6, 6.07) is 26.4. The molecule has 0 amide bonds. The summed E-state index contributed by atoms with van der Waals surface area (Å²) in [6.45, 7) is 0.586. The van der Waals surface area contributed by atoms with Gasteiger partial charge in [0.05, 0.1) is 7.11 Å². The molecule has 0 aliphatic carbocycles. The average Bonchev–Trinajstić information content (AvgIpc) is 2.61. The molecule has 3 aromatic carbocycles. The fraction of sp³-hybridized carbons (Fsp3) is 0.100. The van der Waals surface area contributed by atoms with E-state index < -0.39 is 0 Å². The Hall–Kier alpha value is -2.74. The van der Waals surface area contributed by atoms with Crippen molar-refractivity contribution in [2.45, 2.75) is 6.61 Å². The Kier molecular flexibility index (Phi) is 4.40. The Balaban J connectivity index is 1.67. The van der Waals surface area contributed by atoms with Gasteiger partial charge in [0.25, 0.3) is 0 Å². The largest absolute Gasteiger partial charge is 0.497 e.